The van der Waals surface area contributed by atoms with Crippen LogP contribution < -0.4 is 0 Å². The highest BCUT2D eigenvalue weighted by molar-refractivity contribution is 5.91. The Morgan fingerprint density at radius 3 is 2.17 bits per heavy atom. The lowest BCUT2D eigenvalue weighted by molar-refractivity contribution is 1.29. The van der Waals surface area contributed by atoms with Gasteiger partial charge in [0.05, 0.1) is 5.69 Å². The van der Waals surface area contributed by atoms with Crippen molar-refractivity contribution in [1.82, 2.24) is 4.98 Å². The van der Waals surface area contributed by atoms with Crippen LogP contribution in [0.4, 0.5) is 0 Å². The predicted molar refractivity (Wildman–Crippen MR) is 103 cm³/mol. The molecule has 0 saturated carbocycles. The summed E-state index contributed by atoms with van der Waals surface area (Å²) in [6.45, 7) is 0. The molecule has 0 fully saturated rings. The molecule has 3 aromatic carbocycles. The number of para-hydroxylation sites is 1. The van der Waals surface area contributed by atoms with Crippen LogP contribution >= 0.6 is 0 Å². The number of nitrogens with one attached hydrogen (secondary N) is 1. The molecule has 0 radical (unpaired) electrons. The van der Waals surface area contributed by atoms with E-state index in [1.165, 1.54) is 33.3 Å². The number of benzene rings is 3. The van der Waals surface area contributed by atoms with Crippen molar-refractivity contribution in [3.63, 3.8) is 0 Å². The molecule has 0 aliphatic rings. The maximum absolute atomic E-state index is 3.60. The second-order valence-corrected chi connectivity index (χ2v) is 5.91. The van der Waals surface area contributed by atoms with Gasteiger partial charge in [-0.05, 0) is 29.2 Å². The Morgan fingerprint density at radius 1 is 0.708 bits per heavy atom. The fourth-order valence-corrected chi connectivity index (χ4v) is 3.14. The van der Waals surface area contributed by atoms with Gasteiger partial charge in [0.1, 0.15) is 0 Å². The minimum atomic E-state index is 0.906. The molecule has 0 aliphatic carbocycles. The molecule has 1 heterocycles. The topological polar surface area (TPSA) is 15.8 Å². The Labute approximate surface area is 142 Å². The Bertz CT molecular complexity index is 963. The highest BCUT2D eigenvalue weighted by Gasteiger charge is 2.11. The molecular formula is C23H19N. The first kappa shape index (κ1) is 14.5. The van der Waals surface area contributed by atoms with E-state index in [1.54, 1.807) is 0 Å². The van der Waals surface area contributed by atoms with Crippen molar-refractivity contribution in [2.45, 2.75) is 6.42 Å². The Hall–Kier alpha value is -3.06. The summed E-state index contributed by atoms with van der Waals surface area (Å²) in [7, 11) is 0. The van der Waals surface area contributed by atoms with Gasteiger partial charge in [0, 0.05) is 10.9 Å². The van der Waals surface area contributed by atoms with Gasteiger partial charge in [-0.25, -0.2) is 0 Å². The van der Waals surface area contributed by atoms with E-state index >= 15 is 0 Å². The first-order chi connectivity index (χ1) is 11.9. The first-order valence-corrected chi connectivity index (χ1v) is 8.28. The van der Waals surface area contributed by atoms with Crippen LogP contribution in [-0.4, -0.2) is 4.98 Å². The molecule has 0 amide bonds. The summed E-state index contributed by atoms with van der Waals surface area (Å²) in [5, 5.41) is 1.30. The van der Waals surface area contributed by atoms with Crippen LogP contribution in [0.15, 0.2) is 91.0 Å². The molecular weight excluding hydrogens is 290 g/mol. The summed E-state index contributed by atoms with van der Waals surface area (Å²) in [5.74, 6) is 0. The summed E-state index contributed by atoms with van der Waals surface area (Å²) in [4.78, 5) is 3.60. The van der Waals surface area contributed by atoms with Crippen LogP contribution in [0, 0.1) is 0 Å². The number of H-pyrrole nitrogens is 1. The molecule has 1 aromatic heterocycles. The molecule has 24 heavy (non-hydrogen) atoms. The average molecular weight is 309 g/mol. The third-order valence-corrected chi connectivity index (χ3v) is 4.31. The third kappa shape index (κ3) is 2.89. The van der Waals surface area contributed by atoms with Gasteiger partial charge in [0.25, 0.3) is 0 Å². The van der Waals surface area contributed by atoms with Gasteiger partial charge in [-0.3, -0.25) is 0 Å². The Kier molecular flexibility index (Phi) is 3.99. The predicted octanol–water partition coefficient (Wildman–Crippen LogP) is 6.09. The van der Waals surface area contributed by atoms with Crippen molar-refractivity contribution in [1.29, 1.82) is 0 Å². The van der Waals surface area contributed by atoms with Crippen LogP contribution in [0.1, 0.15) is 11.1 Å². The van der Waals surface area contributed by atoms with E-state index in [9.17, 15) is 0 Å². The van der Waals surface area contributed by atoms with E-state index in [1.807, 2.05) is 6.07 Å². The van der Waals surface area contributed by atoms with Crippen molar-refractivity contribution in [3.05, 3.63) is 102 Å². The van der Waals surface area contributed by atoms with E-state index in [2.05, 4.69) is 96.0 Å². The molecule has 116 valence electrons. The van der Waals surface area contributed by atoms with E-state index in [0.717, 1.165) is 6.42 Å². The molecule has 0 bridgehead atoms. The maximum Gasteiger partial charge on any atom is 0.0500 e. The van der Waals surface area contributed by atoms with Crippen LogP contribution in [0.5, 0.6) is 0 Å². The summed E-state index contributed by atoms with van der Waals surface area (Å²) in [5.41, 5.74) is 6.23. The van der Waals surface area contributed by atoms with Crippen LogP contribution in [-0.2, 0) is 6.42 Å². The average Bonchev–Trinajstić information content (AvgIpc) is 3.02. The lowest BCUT2D eigenvalue weighted by atomic mass is 10.0. The Morgan fingerprint density at radius 2 is 1.38 bits per heavy atom. The quantitative estimate of drug-likeness (QED) is 0.469. The van der Waals surface area contributed by atoms with Gasteiger partial charge in [-0.15, -0.1) is 0 Å². The molecule has 0 aliphatic heterocycles. The Balaban J connectivity index is 1.74. The zero-order chi connectivity index (χ0) is 16.2. The monoisotopic (exact) mass is 309 g/mol. The van der Waals surface area contributed by atoms with E-state index in [4.69, 9.17) is 0 Å². The number of hydrogen-bond donors (Lipinski definition) is 1. The number of rotatable bonds is 4. The molecule has 0 spiro atoms. The molecule has 0 saturated heterocycles. The van der Waals surface area contributed by atoms with Crippen molar-refractivity contribution < 1.29 is 0 Å². The molecule has 1 N–H and O–H groups in total. The lowest BCUT2D eigenvalue weighted by Gasteiger charge is -2.03. The number of aromatic amines is 1. The number of fused-ring (bicyclic) bond motifs is 1. The van der Waals surface area contributed by atoms with Gasteiger partial charge in [0.2, 0.25) is 0 Å². The summed E-state index contributed by atoms with van der Waals surface area (Å²) < 4.78 is 0. The minimum Gasteiger partial charge on any atom is -0.354 e. The number of hydrogen-bond acceptors (Lipinski definition) is 0. The SMILES string of the molecule is C(=C\c1ccccc1)/Cc1c(-c2ccccc2)[nH]c2ccccc12. The second kappa shape index (κ2) is 6.59. The summed E-state index contributed by atoms with van der Waals surface area (Å²) in [6.07, 6.45) is 5.34. The lowest BCUT2D eigenvalue weighted by Crippen LogP contribution is -1.85. The number of allylic oxidation sites excluding steroid dienone is 1. The van der Waals surface area contributed by atoms with Gasteiger partial charge in [-0.2, -0.15) is 0 Å². The fraction of sp³-hybridized carbons (Fsp3) is 0.0435. The molecule has 0 atom stereocenters. The molecule has 1 nitrogen and oxygen atoms in total. The summed E-state index contributed by atoms with van der Waals surface area (Å²) >= 11 is 0. The normalized spacial score (nSPS) is 11.3. The van der Waals surface area contributed by atoms with E-state index < -0.39 is 0 Å². The fourth-order valence-electron chi connectivity index (χ4n) is 3.14. The zero-order valence-corrected chi connectivity index (χ0v) is 13.4. The van der Waals surface area contributed by atoms with E-state index in [0.29, 0.717) is 0 Å². The van der Waals surface area contributed by atoms with Crippen molar-refractivity contribution >= 4 is 17.0 Å². The second-order valence-electron chi connectivity index (χ2n) is 5.91. The highest BCUT2D eigenvalue weighted by atomic mass is 14.7. The summed E-state index contributed by atoms with van der Waals surface area (Å²) in [6, 6.07) is 29.5. The van der Waals surface area contributed by atoms with Gasteiger partial charge < -0.3 is 4.98 Å². The standard InChI is InChI=1S/C23H19N/c1-3-10-18(11-4-1)12-9-16-21-20-15-7-8-17-22(20)24-23(21)19-13-5-2-6-14-19/h1-15,17,24H,16H2/b12-9+. The number of aromatic nitrogens is 1. The largest absolute Gasteiger partial charge is 0.354 e. The maximum atomic E-state index is 3.60. The molecule has 0 unspecified atom stereocenters. The van der Waals surface area contributed by atoms with Crippen molar-refractivity contribution in [2.24, 2.45) is 0 Å². The minimum absolute atomic E-state index is 0.906. The van der Waals surface area contributed by atoms with Gasteiger partial charge in [-0.1, -0.05) is 91.0 Å². The van der Waals surface area contributed by atoms with E-state index in [-0.39, 0.29) is 0 Å². The smallest absolute Gasteiger partial charge is 0.0500 e. The molecule has 4 rings (SSSR count). The highest BCUT2D eigenvalue weighted by Crippen LogP contribution is 2.30. The third-order valence-electron chi connectivity index (χ3n) is 4.31. The zero-order valence-electron chi connectivity index (χ0n) is 13.4. The molecule has 1 heteroatoms. The van der Waals surface area contributed by atoms with Crippen LogP contribution in [0.3, 0.4) is 0 Å². The first-order valence-electron chi connectivity index (χ1n) is 8.28. The van der Waals surface area contributed by atoms with Gasteiger partial charge >= 0.3 is 0 Å². The van der Waals surface area contributed by atoms with Crippen molar-refractivity contribution in [2.75, 3.05) is 0 Å². The van der Waals surface area contributed by atoms with Crippen LogP contribution in [0.25, 0.3) is 28.2 Å². The van der Waals surface area contributed by atoms with Gasteiger partial charge in [0.15, 0.2) is 0 Å². The van der Waals surface area contributed by atoms with Crippen molar-refractivity contribution in [3.8, 4) is 11.3 Å². The molecule has 4 aromatic rings. The van der Waals surface area contributed by atoms with Crippen LogP contribution in [0.2, 0.25) is 0 Å².